The number of pyridine rings is 1. The molecule has 9 heteroatoms. The number of nitrogens with zero attached hydrogens (tertiary/aromatic N) is 2. The largest absolute Gasteiger partial charge is 0.497 e. The summed E-state index contributed by atoms with van der Waals surface area (Å²) in [5, 5.41) is 4.04. The van der Waals surface area contributed by atoms with E-state index in [0.717, 1.165) is 12.1 Å². The maximum absolute atomic E-state index is 14.7. The van der Waals surface area contributed by atoms with E-state index >= 15 is 0 Å². The molecule has 0 bridgehead atoms. The fraction of sp³-hybridized carbons (Fsp3) is 0.370. The number of benzene rings is 2. The summed E-state index contributed by atoms with van der Waals surface area (Å²) in [6, 6.07) is 13.5. The number of alkyl halides is 4. The van der Waals surface area contributed by atoms with Crippen LogP contribution >= 0.6 is 0 Å². The SMILES string of the molecule is C=C(c1nc(COCc2ccc(OC)cc2)cc2c(N[C@@H]3CCN(C)C[C@@H]3F)cccc12)C(F)(F)F. The number of allylic oxidation sites excluding steroid dienone is 1. The minimum atomic E-state index is -4.65. The number of hydrogen-bond donors (Lipinski definition) is 1. The van der Waals surface area contributed by atoms with Crippen LogP contribution in [0.2, 0.25) is 0 Å². The lowest BCUT2D eigenvalue weighted by atomic mass is 9.99. The maximum Gasteiger partial charge on any atom is 0.417 e. The number of fused-ring (bicyclic) bond motifs is 1. The Kier molecular flexibility index (Phi) is 7.80. The number of methoxy groups -OCH3 is 1. The molecule has 1 aliphatic rings. The lowest BCUT2D eigenvalue weighted by molar-refractivity contribution is -0.0688. The Hall–Kier alpha value is -3.17. The van der Waals surface area contributed by atoms with Crippen LogP contribution in [0, 0.1) is 0 Å². The van der Waals surface area contributed by atoms with Crippen molar-refractivity contribution in [2.24, 2.45) is 0 Å². The van der Waals surface area contributed by atoms with E-state index in [1.54, 1.807) is 43.5 Å². The summed E-state index contributed by atoms with van der Waals surface area (Å²) in [4.78, 5) is 6.18. The second kappa shape index (κ2) is 10.8. The quantitative estimate of drug-likeness (QED) is 0.383. The predicted molar refractivity (Wildman–Crippen MR) is 133 cm³/mol. The molecule has 2 atom stereocenters. The molecule has 1 aromatic heterocycles. The summed E-state index contributed by atoms with van der Waals surface area (Å²) in [5.41, 5.74) is 0.469. The fourth-order valence-corrected chi connectivity index (χ4v) is 4.31. The number of anilines is 1. The summed E-state index contributed by atoms with van der Waals surface area (Å²) >= 11 is 0. The summed E-state index contributed by atoms with van der Waals surface area (Å²) in [6.07, 6.45) is -5.17. The molecule has 1 N–H and O–H groups in total. The molecular formula is C27H29F4N3O2. The second-order valence-corrected chi connectivity index (χ2v) is 9.00. The number of nitrogens with one attached hydrogen (secondary N) is 1. The highest BCUT2D eigenvalue weighted by Crippen LogP contribution is 2.37. The van der Waals surface area contributed by atoms with E-state index in [1.165, 1.54) is 0 Å². The van der Waals surface area contributed by atoms with E-state index in [4.69, 9.17) is 9.47 Å². The molecule has 1 saturated heterocycles. The van der Waals surface area contributed by atoms with Crippen molar-refractivity contribution in [2.45, 2.75) is 38.0 Å². The van der Waals surface area contributed by atoms with Crippen LogP contribution in [0.3, 0.4) is 0 Å². The molecular weight excluding hydrogens is 474 g/mol. The average Bonchev–Trinajstić information content (AvgIpc) is 2.85. The highest BCUT2D eigenvalue weighted by Gasteiger charge is 2.35. The molecule has 1 fully saturated rings. The van der Waals surface area contributed by atoms with Crippen molar-refractivity contribution < 1.29 is 27.0 Å². The molecule has 192 valence electrons. The van der Waals surface area contributed by atoms with Gasteiger partial charge in [0.1, 0.15) is 11.9 Å². The molecule has 4 rings (SSSR count). The molecule has 0 radical (unpaired) electrons. The first-order valence-electron chi connectivity index (χ1n) is 11.6. The Labute approximate surface area is 207 Å². The van der Waals surface area contributed by atoms with Crippen molar-refractivity contribution in [3.63, 3.8) is 0 Å². The highest BCUT2D eigenvalue weighted by atomic mass is 19.4. The number of aromatic nitrogens is 1. The Morgan fingerprint density at radius 2 is 1.89 bits per heavy atom. The zero-order chi connectivity index (χ0) is 25.9. The first-order valence-corrected chi connectivity index (χ1v) is 11.6. The van der Waals surface area contributed by atoms with Gasteiger partial charge >= 0.3 is 6.18 Å². The average molecular weight is 504 g/mol. The zero-order valence-electron chi connectivity index (χ0n) is 20.2. The van der Waals surface area contributed by atoms with Crippen molar-refractivity contribution in [3.8, 4) is 5.75 Å². The van der Waals surface area contributed by atoms with Gasteiger partial charge in [-0.3, -0.25) is 0 Å². The molecule has 0 aliphatic carbocycles. The molecule has 3 aromatic rings. The molecule has 5 nitrogen and oxygen atoms in total. The van der Waals surface area contributed by atoms with Crippen LogP contribution in [0.4, 0.5) is 23.2 Å². The van der Waals surface area contributed by atoms with Crippen molar-refractivity contribution >= 4 is 22.0 Å². The third kappa shape index (κ3) is 5.96. The number of halogens is 4. The maximum atomic E-state index is 14.7. The van der Waals surface area contributed by atoms with E-state index in [9.17, 15) is 17.6 Å². The summed E-state index contributed by atoms with van der Waals surface area (Å²) < 4.78 is 66.5. The number of likely N-dealkylation sites (tertiary alicyclic amines) is 1. The van der Waals surface area contributed by atoms with Crippen LogP contribution in [-0.2, 0) is 18.0 Å². The van der Waals surface area contributed by atoms with Crippen LogP contribution < -0.4 is 10.1 Å². The van der Waals surface area contributed by atoms with Crippen LogP contribution in [0.25, 0.3) is 16.3 Å². The third-order valence-electron chi connectivity index (χ3n) is 6.32. The molecule has 2 aromatic carbocycles. The van der Waals surface area contributed by atoms with Crippen molar-refractivity contribution in [1.82, 2.24) is 9.88 Å². The van der Waals surface area contributed by atoms with E-state index in [0.29, 0.717) is 40.9 Å². The Morgan fingerprint density at radius 1 is 1.14 bits per heavy atom. The van der Waals surface area contributed by atoms with E-state index in [1.807, 2.05) is 24.1 Å². The van der Waals surface area contributed by atoms with Crippen molar-refractivity contribution in [3.05, 3.63) is 72.1 Å². The van der Waals surface area contributed by atoms with Gasteiger partial charge in [0.2, 0.25) is 0 Å². The Balaban J connectivity index is 1.64. The van der Waals surface area contributed by atoms with Crippen LogP contribution in [0.5, 0.6) is 5.75 Å². The van der Waals surface area contributed by atoms with Crippen molar-refractivity contribution in [1.29, 1.82) is 0 Å². The smallest absolute Gasteiger partial charge is 0.417 e. The number of rotatable bonds is 8. The molecule has 0 unspecified atom stereocenters. The van der Waals surface area contributed by atoms with Crippen LogP contribution in [-0.4, -0.2) is 55.5 Å². The molecule has 1 aliphatic heterocycles. The van der Waals surface area contributed by atoms with Gasteiger partial charge in [-0.1, -0.05) is 30.8 Å². The third-order valence-corrected chi connectivity index (χ3v) is 6.32. The van der Waals surface area contributed by atoms with Gasteiger partial charge in [0.25, 0.3) is 0 Å². The van der Waals surface area contributed by atoms with Crippen LogP contribution in [0.1, 0.15) is 23.4 Å². The zero-order valence-corrected chi connectivity index (χ0v) is 20.2. The lowest BCUT2D eigenvalue weighted by Gasteiger charge is -2.33. The molecule has 0 amide bonds. The van der Waals surface area contributed by atoms with Crippen molar-refractivity contribution in [2.75, 3.05) is 32.6 Å². The van der Waals surface area contributed by atoms with Gasteiger partial charge in [-0.25, -0.2) is 9.37 Å². The van der Waals surface area contributed by atoms with Gasteiger partial charge in [-0.15, -0.1) is 0 Å². The lowest BCUT2D eigenvalue weighted by Crippen LogP contribution is -2.46. The molecule has 2 heterocycles. The fourth-order valence-electron chi connectivity index (χ4n) is 4.31. The monoisotopic (exact) mass is 503 g/mol. The summed E-state index contributed by atoms with van der Waals surface area (Å²) in [7, 11) is 3.44. The second-order valence-electron chi connectivity index (χ2n) is 9.00. The summed E-state index contributed by atoms with van der Waals surface area (Å²) in [5.74, 6) is 0.713. The Bertz CT molecular complexity index is 1210. The predicted octanol–water partition coefficient (Wildman–Crippen LogP) is 5.99. The number of ether oxygens (including phenoxy) is 2. The van der Waals surface area contributed by atoms with Gasteiger partial charge < -0.3 is 19.7 Å². The number of piperidine rings is 1. The van der Waals surface area contributed by atoms with Gasteiger partial charge in [-0.2, -0.15) is 13.2 Å². The number of hydrogen-bond acceptors (Lipinski definition) is 5. The van der Waals surface area contributed by atoms with Gasteiger partial charge in [-0.05, 0) is 43.3 Å². The summed E-state index contributed by atoms with van der Waals surface area (Å²) in [6.45, 7) is 4.54. The van der Waals surface area contributed by atoms with E-state index < -0.39 is 24.0 Å². The first kappa shape index (κ1) is 25.9. The standard InChI is InChI=1S/C27H29F4N3O2/c1-17(27(29,30)31)26-21-5-4-6-24(33-25-11-12-34(2)14-23(25)28)22(21)13-19(32-26)16-36-15-18-7-9-20(35-3)10-8-18/h4-10,13,23,25,33H,1,11-12,14-16H2,2-3H3/t23-,25+/m0/s1. The van der Waals surface area contributed by atoms with Gasteiger partial charge in [0.05, 0.1) is 43.3 Å². The van der Waals surface area contributed by atoms with E-state index in [-0.39, 0.29) is 18.9 Å². The van der Waals surface area contributed by atoms with Crippen LogP contribution in [0.15, 0.2) is 55.1 Å². The molecule has 36 heavy (non-hydrogen) atoms. The van der Waals surface area contributed by atoms with E-state index in [2.05, 4.69) is 16.9 Å². The van der Waals surface area contributed by atoms with Gasteiger partial charge in [0.15, 0.2) is 0 Å². The first-order chi connectivity index (χ1) is 17.2. The van der Waals surface area contributed by atoms with Gasteiger partial charge in [0, 0.05) is 29.5 Å². The Morgan fingerprint density at radius 3 is 2.56 bits per heavy atom. The minimum absolute atomic E-state index is 0.00556. The normalized spacial score (nSPS) is 18.8. The minimum Gasteiger partial charge on any atom is -0.497 e. The topological polar surface area (TPSA) is 46.6 Å². The molecule has 0 saturated carbocycles. The highest BCUT2D eigenvalue weighted by molar-refractivity contribution is 6.00. The molecule has 0 spiro atoms.